The number of allylic oxidation sites excluding steroid dienone is 1. The number of aromatic nitrogens is 3. The first-order valence-corrected chi connectivity index (χ1v) is 11.1. The van der Waals surface area contributed by atoms with E-state index < -0.39 is 5.54 Å². The summed E-state index contributed by atoms with van der Waals surface area (Å²) in [7, 11) is 7.87. The predicted molar refractivity (Wildman–Crippen MR) is 131 cm³/mol. The van der Waals surface area contributed by atoms with Gasteiger partial charge in [-0.3, -0.25) is 0 Å². The summed E-state index contributed by atoms with van der Waals surface area (Å²) in [5.41, 5.74) is 15.5. The number of benzene rings is 1. The molecule has 0 saturated heterocycles. The van der Waals surface area contributed by atoms with Gasteiger partial charge in [-0.15, -0.1) is 0 Å². The van der Waals surface area contributed by atoms with Gasteiger partial charge in [0.25, 0.3) is 0 Å². The first kappa shape index (κ1) is 23.2. The minimum Gasteiger partial charge on any atom is -0.400 e. The zero-order valence-corrected chi connectivity index (χ0v) is 20.1. The smallest absolute Gasteiger partial charge is 0.153 e. The van der Waals surface area contributed by atoms with E-state index in [2.05, 4.69) is 14.8 Å². The largest absolute Gasteiger partial charge is 0.400 e. The summed E-state index contributed by atoms with van der Waals surface area (Å²) in [4.78, 5) is 13.4. The molecule has 0 amide bonds. The van der Waals surface area contributed by atoms with E-state index in [1.165, 1.54) is 6.07 Å². The van der Waals surface area contributed by atoms with Gasteiger partial charge in [0.2, 0.25) is 0 Å². The highest BCUT2D eigenvalue weighted by molar-refractivity contribution is 6.33. The summed E-state index contributed by atoms with van der Waals surface area (Å²) in [6.07, 6.45) is 7.55. The maximum Gasteiger partial charge on any atom is 0.153 e. The van der Waals surface area contributed by atoms with Crippen molar-refractivity contribution in [2.24, 2.45) is 18.5 Å². The molecule has 0 aliphatic heterocycles. The zero-order valence-electron chi connectivity index (χ0n) is 19.3. The molecule has 1 unspecified atom stereocenters. The molecule has 1 aliphatic rings. The van der Waals surface area contributed by atoms with Gasteiger partial charge < -0.3 is 25.8 Å². The van der Waals surface area contributed by atoms with Crippen molar-refractivity contribution in [1.82, 2.24) is 24.3 Å². The highest BCUT2D eigenvalue weighted by Crippen LogP contribution is 2.36. The Balaban J connectivity index is 1.70. The Morgan fingerprint density at radius 2 is 2.00 bits per heavy atom. The van der Waals surface area contributed by atoms with Crippen LogP contribution in [0.1, 0.15) is 12.2 Å². The molecule has 3 aromatic rings. The van der Waals surface area contributed by atoms with Gasteiger partial charge in [-0.1, -0.05) is 29.8 Å². The molecule has 174 valence electrons. The van der Waals surface area contributed by atoms with Crippen molar-refractivity contribution in [3.63, 3.8) is 0 Å². The minimum atomic E-state index is -0.981. The van der Waals surface area contributed by atoms with Crippen molar-refractivity contribution in [1.29, 1.82) is 0 Å². The van der Waals surface area contributed by atoms with E-state index in [1.54, 1.807) is 23.9 Å². The highest BCUT2D eigenvalue weighted by Gasteiger charge is 2.33. The van der Waals surface area contributed by atoms with Crippen LogP contribution in [0.2, 0.25) is 5.02 Å². The fourth-order valence-corrected chi connectivity index (χ4v) is 4.38. The van der Waals surface area contributed by atoms with Crippen LogP contribution in [0.4, 0.5) is 4.39 Å². The van der Waals surface area contributed by atoms with Crippen molar-refractivity contribution < 1.29 is 4.39 Å². The molecule has 2 heterocycles. The quantitative estimate of drug-likeness (QED) is 0.576. The number of hydrogen-bond donors (Lipinski definition) is 2. The lowest BCUT2D eigenvalue weighted by Crippen LogP contribution is -2.41. The molecule has 0 saturated carbocycles. The SMILES string of the molecule is CN(C)CCN(C)C1=C(N)CC(N)(c2ncc(Cl)c(-c3cn(C)c4c(F)cccc34)n2)C=C1. The van der Waals surface area contributed by atoms with Gasteiger partial charge >= 0.3 is 0 Å². The highest BCUT2D eigenvalue weighted by atomic mass is 35.5. The summed E-state index contributed by atoms with van der Waals surface area (Å²) in [6, 6.07) is 4.95. The lowest BCUT2D eigenvalue weighted by Gasteiger charge is -2.32. The van der Waals surface area contributed by atoms with Crippen molar-refractivity contribution in [3.8, 4) is 11.3 Å². The molecule has 4 rings (SSSR count). The van der Waals surface area contributed by atoms with E-state index in [0.29, 0.717) is 34.2 Å². The summed E-state index contributed by atoms with van der Waals surface area (Å²) in [5.74, 6) is 0.102. The number of fused-ring (bicyclic) bond motifs is 1. The second kappa shape index (κ2) is 8.78. The minimum absolute atomic E-state index is 0.305. The van der Waals surface area contributed by atoms with Crippen molar-refractivity contribution >= 4 is 22.5 Å². The molecular formula is C24H29ClFN7. The van der Waals surface area contributed by atoms with Crippen LogP contribution < -0.4 is 11.5 Å². The van der Waals surface area contributed by atoms with E-state index in [0.717, 1.165) is 29.7 Å². The van der Waals surface area contributed by atoms with Gasteiger partial charge in [-0.25, -0.2) is 14.4 Å². The van der Waals surface area contributed by atoms with Gasteiger partial charge in [0.05, 0.1) is 21.9 Å². The molecular weight excluding hydrogens is 441 g/mol. The third kappa shape index (κ3) is 4.34. The molecule has 2 aromatic heterocycles. The monoisotopic (exact) mass is 469 g/mol. The molecule has 1 atom stereocenters. The van der Waals surface area contributed by atoms with Gasteiger partial charge in [-0.2, -0.15) is 0 Å². The Hall–Kier alpha value is -2.94. The Labute approximate surface area is 198 Å². The lowest BCUT2D eigenvalue weighted by molar-refractivity contribution is 0.325. The second-order valence-electron chi connectivity index (χ2n) is 8.87. The second-order valence-corrected chi connectivity index (χ2v) is 9.27. The Bertz CT molecular complexity index is 1260. The number of hydrogen-bond acceptors (Lipinski definition) is 6. The van der Waals surface area contributed by atoms with Gasteiger partial charge in [0.15, 0.2) is 5.82 Å². The Kier molecular flexibility index (Phi) is 6.18. The van der Waals surface area contributed by atoms with Crippen LogP contribution in [0.25, 0.3) is 22.2 Å². The lowest BCUT2D eigenvalue weighted by atomic mass is 9.88. The van der Waals surface area contributed by atoms with Crippen LogP contribution in [-0.4, -0.2) is 58.6 Å². The Morgan fingerprint density at radius 3 is 2.70 bits per heavy atom. The van der Waals surface area contributed by atoms with Gasteiger partial charge in [0, 0.05) is 62.6 Å². The van der Waals surface area contributed by atoms with Gasteiger partial charge in [-0.05, 0) is 26.2 Å². The summed E-state index contributed by atoms with van der Waals surface area (Å²) in [6.45, 7) is 1.74. The topological polar surface area (TPSA) is 89.2 Å². The molecule has 1 aliphatic carbocycles. The fraction of sp³-hybridized carbons (Fsp3) is 0.333. The summed E-state index contributed by atoms with van der Waals surface area (Å²) in [5, 5.41) is 1.09. The number of likely N-dealkylation sites (N-methyl/N-ethyl adjacent to an activating group) is 2. The molecule has 0 fully saturated rings. The van der Waals surface area contributed by atoms with Crippen molar-refractivity contribution in [3.05, 3.63) is 70.8 Å². The third-order valence-corrected chi connectivity index (χ3v) is 6.29. The molecule has 1 aromatic carbocycles. The van der Waals surface area contributed by atoms with Crippen LogP contribution in [0, 0.1) is 5.82 Å². The zero-order chi connectivity index (χ0) is 23.9. The number of aryl methyl sites for hydroxylation is 1. The van der Waals surface area contributed by atoms with E-state index >= 15 is 0 Å². The van der Waals surface area contributed by atoms with Crippen LogP contribution in [-0.2, 0) is 12.6 Å². The van der Waals surface area contributed by atoms with Crippen LogP contribution >= 0.6 is 11.6 Å². The first-order chi connectivity index (χ1) is 15.6. The van der Waals surface area contributed by atoms with E-state index in [-0.39, 0.29) is 5.82 Å². The predicted octanol–water partition coefficient (Wildman–Crippen LogP) is 3.21. The third-order valence-electron chi connectivity index (χ3n) is 6.01. The average Bonchev–Trinajstić information content (AvgIpc) is 3.10. The summed E-state index contributed by atoms with van der Waals surface area (Å²) < 4.78 is 16.1. The standard InChI is InChI=1S/C24H29ClFN7/c1-31(2)10-11-32(3)20-8-9-24(28,12-19(20)27)23-29-13-17(25)21(30-23)16-14-33(4)22-15(16)6-5-7-18(22)26/h5-9,13-14H,10-12,27-28H2,1-4H3. The molecule has 9 heteroatoms. The normalized spacial score (nSPS) is 18.5. The van der Waals surface area contributed by atoms with Crippen LogP contribution in [0.5, 0.6) is 0 Å². The van der Waals surface area contributed by atoms with Gasteiger partial charge in [0.1, 0.15) is 11.4 Å². The molecule has 0 spiro atoms. The van der Waals surface area contributed by atoms with Crippen LogP contribution in [0.15, 0.2) is 54.1 Å². The molecule has 0 radical (unpaired) electrons. The van der Waals surface area contributed by atoms with E-state index in [1.807, 2.05) is 45.6 Å². The molecule has 33 heavy (non-hydrogen) atoms. The maximum absolute atomic E-state index is 14.4. The number of halogens is 2. The van der Waals surface area contributed by atoms with Crippen molar-refractivity contribution in [2.45, 2.75) is 12.0 Å². The van der Waals surface area contributed by atoms with E-state index in [4.69, 9.17) is 28.1 Å². The molecule has 7 nitrogen and oxygen atoms in total. The molecule has 0 bridgehead atoms. The summed E-state index contributed by atoms with van der Waals surface area (Å²) >= 11 is 6.49. The number of nitrogens with two attached hydrogens (primary N) is 2. The Morgan fingerprint density at radius 1 is 1.24 bits per heavy atom. The number of para-hydroxylation sites is 1. The number of rotatable bonds is 6. The van der Waals surface area contributed by atoms with Crippen molar-refractivity contribution in [2.75, 3.05) is 34.2 Å². The average molecular weight is 470 g/mol. The molecule has 4 N–H and O–H groups in total. The van der Waals surface area contributed by atoms with Crippen LogP contribution in [0.3, 0.4) is 0 Å². The fourth-order valence-electron chi connectivity index (χ4n) is 4.18. The maximum atomic E-state index is 14.4. The van der Waals surface area contributed by atoms with E-state index in [9.17, 15) is 4.39 Å². The first-order valence-electron chi connectivity index (χ1n) is 10.7. The number of nitrogens with zero attached hydrogens (tertiary/aromatic N) is 5.